The number of phenolic OH excluding ortho intramolecular Hbond substituents is 1. The Labute approximate surface area is 118 Å². The van der Waals surface area contributed by atoms with E-state index < -0.39 is 5.97 Å². The van der Waals surface area contributed by atoms with E-state index in [1.54, 1.807) is 11.0 Å². The van der Waals surface area contributed by atoms with Crippen LogP contribution >= 0.6 is 0 Å². The second-order valence-electron chi connectivity index (χ2n) is 5.06. The molecule has 108 valence electrons. The molecule has 20 heavy (non-hydrogen) atoms. The Balaban J connectivity index is 1.88. The van der Waals surface area contributed by atoms with Crippen molar-refractivity contribution >= 4 is 11.9 Å². The first-order chi connectivity index (χ1) is 9.58. The Morgan fingerprint density at radius 2 is 2.20 bits per heavy atom. The van der Waals surface area contributed by atoms with Crippen molar-refractivity contribution in [1.82, 2.24) is 4.90 Å². The number of esters is 1. The quantitative estimate of drug-likeness (QED) is 0.857. The normalized spacial score (nSPS) is 18.6. The molecule has 0 spiro atoms. The molecule has 5 heteroatoms. The van der Waals surface area contributed by atoms with E-state index in [0.29, 0.717) is 0 Å². The van der Waals surface area contributed by atoms with E-state index in [2.05, 4.69) is 0 Å². The van der Waals surface area contributed by atoms with Gasteiger partial charge in [-0.25, -0.2) is 4.79 Å². The Hall–Kier alpha value is -2.04. The van der Waals surface area contributed by atoms with Gasteiger partial charge in [0.05, 0.1) is 5.56 Å². The topological polar surface area (TPSA) is 66.8 Å². The third-order valence-corrected chi connectivity index (χ3v) is 3.53. The van der Waals surface area contributed by atoms with Crippen LogP contribution in [0.25, 0.3) is 0 Å². The van der Waals surface area contributed by atoms with E-state index >= 15 is 0 Å². The summed E-state index contributed by atoms with van der Waals surface area (Å²) in [6, 6.07) is 6.08. The molecular formula is C15H19NO4. The van der Waals surface area contributed by atoms with Crippen LogP contribution in [0.15, 0.2) is 24.3 Å². The summed E-state index contributed by atoms with van der Waals surface area (Å²) in [6.45, 7) is 2.48. The number of rotatable bonds is 3. The van der Waals surface area contributed by atoms with Crippen molar-refractivity contribution in [2.75, 3.05) is 13.2 Å². The van der Waals surface area contributed by atoms with E-state index in [1.807, 2.05) is 6.92 Å². The van der Waals surface area contributed by atoms with Crippen LogP contribution in [-0.2, 0) is 9.53 Å². The lowest BCUT2D eigenvalue weighted by molar-refractivity contribution is -0.137. The second-order valence-corrected chi connectivity index (χ2v) is 5.06. The van der Waals surface area contributed by atoms with Gasteiger partial charge in [-0.3, -0.25) is 4.79 Å². The van der Waals surface area contributed by atoms with Crippen molar-refractivity contribution in [2.24, 2.45) is 0 Å². The number of ether oxygens (including phenoxy) is 1. The molecule has 5 nitrogen and oxygen atoms in total. The fraction of sp³-hybridized carbons (Fsp3) is 0.467. The van der Waals surface area contributed by atoms with Crippen LogP contribution in [0.2, 0.25) is 0 Å². The first-order valence-electron chi connectivity index (χ1n) is 6.83. The summed E-state index contributed by atoms with van der Waals surface area (Å²) in [7, 11) is 0. The molecule has 1 amide bonds. The number of aromatic hydroxyl groups is 1. The monoisotopic (exact) mass is 277 g/mol. The molecule has 0 bridgehead atoms. The summed E-state index contributed by atoms with van der Waals surface area (Å²) >= 11 is 0. The van der Waals surface area contributed by atoms with Crippen LogP contribution in [0.5, 0.6) is 5.75 Å². The highest BCUT2D eigenvalue weighted by Crippen LogP contribution is 2.17. The van der Waals surface area contributed by atoms with Gasteiger partial charge in [0.1, 0.15) is 5.75 Å². The third-order valence-electron chi connectivity index (χ3n) is 3.53. The van der Waals surface area contributed by atoms with Gasteiger partial charge in [-0.1, -0.05) is 6.07 Å². The van der Waals surface area contributed by atoms with Crippen LogP contribution in [0.1, 0.15) is 36.5 Å². The smallest absolute Gasteiger partial charge is 0.338 e. The molecule has 1 aromatic rings. The maximum absolute atomic E-state index is 12.0. The Kier molecular flexibility index (Phi) is 4.61. The highest BCUT2D eigenvalue weighted by Gasteiger charge is 2.24. The van der Waals surface area contributed by atoms with Crippen LogP contribution in [0, 0.1) is 0 Å². The molecule has 0 radical (unpaired) electrons. The van der Waals surface area contributed by atoms with Gasteiger partial charge in [-0.15, -0.1) is 0 Å². The van der Waals surface area contributed by atoms with E-state index in [1.165, 1.54) is 18.2 Å². The van der Waals surface area contributed by atoms with Gasteiger partial charge in [-0.05, 0) is 44.4 Å². The number of nitrogens with zero attached hydrogens (tertiary/aromatic N) is 1. The number of carbonyl (C=O) groups excluding carboxylic acids is 2. The Morgan fingerprint density at radius 1 is 1.40 bits per heavy atom. The minimum absolute atomic E-state index is 0.00423. The van der Waals surface area contributed by atoms with Crippen molar-refractivity contribution in [3.63, 3.8) is 0 Å². The average Bonchev–Trinajstić information content (AvgIpc) is 2.45. The largest absolute Gasteiger partial charge is 0.508 e. The van der Waals surface area contributed by atoms with Crippen LogP contribution < -0.4 is 0 Å². The maximum atomic E-state index is 12.0. The summed E-state index contributed by atoms with van der Waals surface area (Å²) < 4.78 is 5.01. The molecule has 0 aromatic heterocycles. The van der Waals surface area contributed by atoms with Crippen molar-refractivity contribution in [3.8, 4) is 5.75 Å². The average molecular weight is 277 g/mol. The number of hydrogen-bond donors (Lipinski definition) is 1. The molecule has 1 fully saturated rings. The van der Waals surface area contributed by atoms with E-state index in [9.17, 15) is 14.7 Å². The number of amides is 1. The number of hydrogen-bond acceptors (Lipinski definition) is 4. The SMILES string of the molecule is C[C@@H]1CCCCN1C(=O)COC(=O)c1cccc(O)c1. The van der Waals surface area contributed by atoms with E-state index in [-0.39, 0.29) is 29.9 Å². The highest BCUT2D eigenvalue weighted by atomic mass is 16.5. The molecule has 0 saturated carbocycles. The van der Waals surface area contributed by atoms with Gasteiger partial charge in [0, 0.05) is 12.6 Å². The Morgan fingerprint density at radius 3 is 2.90 bits per heavy atom. The zero-order chi connectivity index (χ0) is 14.5. The molecular weight excluding hydrogens is 258 g/mol. The minimum atomic E-state index is -0.598. The fourth-order valence-electron chi connectivity index (χ4n) is 2.40. The van der Waals surface area contributed by atoms with Gasteiger partial charge in [0.15, 0.2) is 6.61 Å². The standard InChI is InChI=1S/C15H19NO4/c1-11-5-2-3-8-16(11)14(18)10-20-15(19)12-6-4-7-13(17)9-12/h4,6-7,9,11,17H,2-3,5,8,10H2,1H3/t11-/m1/s1. The molecule has 1 aromatic carbocycles. The number of piperidine rings is 1. The van der Waals surface area contributed by atoms with Crippen LogP contribution in [0.4, 0.5) is 0 Å². The third kappa shape index (κ3) is 3.50. The molecule has 0 aliphatic carbocycles. The van der Waals surface area contributed by atoms with Gasteiger partial charge in [0.25, 0.3) is 5.91 Å². The molecule has 1 saturated heterocycles. The highest BCUT2D eigenvalue weighted by molar-refractivity contribution is 5.91. The van der Waals surface area contributed by atoms with Gasteiger partial charge in [-0.2, -0.15) is 0 Å². The lowest BCUT2D eigenvalue weighted by atomic mass is 10.0. The maximum Gasteiger partial charge on any atom is 0.338 e. The summed E-state index contributed by atoms with van der Waals surface area (Å²) in [5.74, 6) is -0.764. The number of likely N-dealkylation sites (tertiary alicyclic amines) is 1. The van der Waals surface area contributed by atoms with E-state index in [0.717, 1.165) is 25.8 Å². The predicted octanol–water partition coefficient (Wildman–Crippen LogP) is 1.95. The van der Waals surface area contributed by atoms with Crippen molar-refractivity contribution < 1.29 is 19.4 Å². The molecule has 2 rings (SSSR count). The van der Waals surface area contributed by atoms with Crippen molar-refractivity contribution in [3.05, 3.63) is 29.8 Å². The molecule has 1 atom stereocenters. The summed E-state index contributed by atoms with van der Waals surface area (Å²) in [4.78, 5) is 25.5. The van der Waals surface area contributed by atoms with Crippen LogP contribution in [0.3, 0.4) is 0 Å². The molecule has 1 aliphatic heterocycles. The second kappa shape index (κ2) is 6.41. The fourth-order valence-corrected chi connectivity index (χ4v) is 2.40. The summed E-state index contributed by atoms with van der Waals surface area (Å²) in [5, 5.41) is 9.29. The lowest BCUT2D eigenvalue weighted by Crippen LogP contribution is -2.44. The lowest BCUT2D eigenvalue weighted by Gasteiger charge is -2.33. The van der Waals surface area contributed by atoms with Gasteiger partial charge >= 0.3 is 5.97 Å². The zero-order valence-electron chi connectivity index (χ0n) is 11.5. The predicted molar refractivity (Wildman–Crippen MR) is 73.4 cm³/mol. The molecule has 1 aliphatic rings. The Bertz CT molecular complexity index is 500. The van der Waals surface area contributed by atoms with Crippen molar-refractivity contribution in [1.29, 1.82) is 0 Å². The number of benzene rings is 1. The minimum Gasteiger partial charge on any atom is -0.508 e. The van der Waals surface area contributed by atoms with Crippen LogP contribution in [-0.4, -0.2) is 41.1 Å². The van der Waals surface area contributed by atoms with Crippen molar-refractivity contribution in [2.45, 2.75) is 32.2 Å². The van der Waals surface area contributed by atoms with Gasteiger partial charge in [0.2, 0.25) is 0 Å². The van der Waals surface area contributed by atoms with Gasteiger partial charge < -0.3 is 14.7 Å². The molecule has 1 heterocycles. The number of phenols is 1. The zero-order valence-corrected chi connectivity index (χ0v) is 11.5. The number of carbonyl (C=O) groups is 2. The first-order valence-corrected chi connectivity index (χ1v) is 6.83. The summed E-state index contributed by atoms with van der Waals surface area (Å²) in [6.07, 6.45) is 3.12. The molecule has 0 unspecified atom stereocenters. The first kappa shape index (κ1) is 14.4. The molecule has 1 N–H and O–H groups in total. The van der Waals surface area contributed by atoms with E-state index in [4.69, 9.17) is 4.74 Å². The summed E-state index contributed by atoms with van der Waals surface area (Å²) in [5.41, 5.74) is 0.240.